The molecule has 186 valence electrons. The largest absolute Gasteiger partial charge is 0.350 e. The number of hydrogen-bond donors (Lipinski definition) is 1. The summed E-state index contributed by atoms with van der Waals surface area (Å²) >= 11 is 6.21. The number of carbonyl (C=O) groups excluding carboxylic acids is 2. The van der Waals surface area contributed by atoms with E-state index in [-0.39, 0.29) is 18.1 Å². The van der Waals surface area contributed by atoms with Crippen LogP contribution in [0, 0.1) is 13.8 Å². The topological polar surface area (TPSA) is 86.8 Å². The zero-order valence-electron chi connectivity index (χ0n) is 20.8. The van der Waals surface area contributed by atoms with Gasteiger partial charge in [0.1, 0.15) is 12.6 Å². The van der Waals surface area contributed by atoms with Crippen molar-refractivity contribution in [2.75, 3.05) is 17.1 Å². The monoisotopic (exact) mass is 507 g/mol. The van der Waals surface area contributed by atoms with Gasteiger partial charge in [0.15, 0.2) is 0 Å². The van der Waals surface area contributed by atoms with Crippen molar-refractivity contribution in [3.05, 3.63) is 64.2 Å². The Hall–Kier alpha value is -2.58. The molecule has 0 fully saturated rings. The highest BCUT2D eigenvalue weighted by Crippen LogP contribution is 2.25. The lowest BCUT2D eigenvalue weighted by Crippen LogP contribution is -2.54. The molecule has 1 atom stereocenters. The Bertz CT molecular complexity index is 1140. The smallest absolute Gasteiger partial charge is 0.244 e. The highest BCUT2D eigenvalue weighted by atomic mass is 35.5. The standard InChI is InChI=1S/C25H34ClN3O4S/c1-17-8-11-20(12-9-17)15-28(19(3)24(31)27-25(4,5)6)23(30)16-29(34(7,32)33)21-13-10-18(2)22(26)14-21/h8-14,19H,15-16H2,1-7H3,(H,27,31)/t19-/m0/s1. The SMILES string of the molecule is Cc1ccc(CN(C(=O)CN(c2ccc(C)c(Cl)c2)S(C)(=O)=O)[C@@H](C)C(=O)NC(C)(C)C)cc1. The Kier molecular flexibility index (Phi) is 8.77. The Morgan fingerprint density at radius 2 is 1.65 bits per heavy atom. The van der Waals surface area contributed by atoms with Crippen molar-refractivity contribution in [3.8, 4) is 0 Å². The first kappa shape index (κ1) is 27.7. The number of nitrogens with one attached hydrogen (secondary N) is 1. The number of amides is 2. The van der Waals surface area contributed by atoms with E-state index in [9.17, 15) is 18.0 Å². The number of carbonyl (C=O) groups is 2. The van der Waals surface area contributed by atoms with E-state index in [1.807, 2.05) is 52.0 Å². The van der Waals surface area contributed by atoms with Gasteiger partial charge in [-0.2, -0.15) is 0 Å². The third-order valence-electron chi connectivity index (χ3n) is 5.26. The lowest BCUT2D eigenvalue weighted by atomic mass is 10.1. The molecular formula is C25H34ClN3O4S. The predicted octanol–water partition coefficient (Wildman–Crippen LogP) is 4.05. The minimum Gasteiger partial charge on any atom is -0.350 e. The number of aryl methyl sites for hydroxylation is 2. The average molecular weight is 508 g/mol. The van der Waals surface area contributed by atoms with Crippen LogP contribution < -0.4 is 9.62 Å². The van der Waals surface area contributed by atoms with E-state index >= 15 is 0 Å². The van der Waals surface area contributed by atoms with Crippen molar-refractivity contribution < 1.29 is 18.0 Å². The second-order valence-electron chi connectivity index (χ2n) is 9.63. The third-order valence-corrected chi connectivity index (χ3v) is 6.81. The zero-order chi connectivity index (χ0) is 25.8. The van der Waals surface area contributed by atoms with E-state index in [0.29, 0.717) is 5.02 Å². The van der Waals surface area contributed by atoms with Crippen LogP contribution in [-0.4, -0.2) is 49.5 Å². The second kappa shape index (κ2) is 10.8. The Balaban J connectivity index is 2.41. The fraction of sp³-hybridized carbons (Fsp3) is 0.440. The van der Waals surface area contributed by atoms with Gasteiger partial charge in [0.25, 0.3) is 0 Å². The Morgan fingerprint density at radius 1 is 1.06 bits per heavy atom. The average Bonchev–Trinajstić information content (AvgIpc) is 2.71. The number of anilines is 1. The summed E-state index contributed by atoms with van der Waals surface area (Å²) in [6.45, 7) is 10.7. The molecular weight excluding hydrogens is 474 g/mol. The lowest BCUT2D eigenvalue weighted by molar-refractivity contribution is -0.140. The summed E-state index contributed by atoms with van der Waals surface area (Å²) in [4.78, 5) is 27.8. The molecule has 0 radical (unpaired) electrons. The van der Waals surface area contributed by atoms with Crippen molar-refractivity contribution in [1.82, 2.24) is 10.2 Å². The van der Waals surface area contributed by atoms with Crippen LogP contribution in [0.5, 0.6) is 0 Å². The summed E-state index contributed by atoms with van der Waals surface area (Å²) in [5.74, 6) is -0.823. The van der Waals surface area contributed by atoms with Crippen molar-refractivity contribution in [2.45, 2.75) is 59.7 Å². The number of nitrogens with zero attached hydrogens (tertiary/aromatic N) is 2. The maximum Gasteiger partial charge on any atom is 0.244 e. The van der Waals surface area contributed by atoms with Crippen LogP contribution in [0.25, 0.3) is 0 Å². The highest BCUT2D eigenvalue weighted by molar-refractivity contribution is 7.92. The molecule has 2 aromatic rings. The number of sulfonamides is 1. The van der Waals surface area contributed by atoms with Crippen LogP contribution in [0.1, 0.15) is 44.4 Å². The van der Waals surface area contributed by atoms with Crippen LogP contribution in [0.2, 0.25) is 5.02 Å². The van der Waals surface area contributed by atoms with Crippen LogP contribution in [0.15, 0.2) is 42.5 Å². The molecule has 2 aromatic carbocycles. The molecule has 1 N–H and O–H groups in total. The van der Waals surface area contributed by atoms with E-state index in [1.54, 1.807) is 26.0 Å². The maximum absolute atomic E-state index is 13.5. The van der Waals surface area contributed by atoms with E-state index in [1.165, 1.54) is 11.0 Å². The normalized spacial score (nSPS) is 12.7. The van der Waals surface area contributed by atoms with Gasteiger partial charge in [-0.3, -0.25) is 13.9 Å². The van der Waals surface area contributed by atoms with Crippen molar-refractivity contribution >= 4 is 39.1 Å². The van der Waals surface area contributed by atoms with Gasteiger partial charge in [-0.1, -0.05) is 47.5 Å². The summed E-state index contributed by atoms with van der Waals surface area (Å²) in [6.07, 6.45) is 1.04. The van der Waals surface area contributed by atoms with Gasteiger partial charge in [0.2, 0.25) is 21.8 Å². The van der Waals surface area contributed by atoms with Crippen molar-refractivity contribution in [1.29, 1.82) is 0 Å². The molecule has 0 saturated carbocycles. The van der Waals surface area contributed by atoms with Crippen molar-refractivity contribution in [2.24, 2.45) is 0 Å². The fourth-order valence-electron chi connectivity index (χ4n) is 3.30. The molecule has 0 bridgehead atoms. The van der Waals surface area contributed by atoms with Gasteiger partial charge >= 0.3 is 0 Å². The second-order valence-corrected chi connectivity index (χ2v) is 11.9. The number of halogens is 1. The van der Waals surface area contributed by atoms with Crippen LogP contribution in [0.3, 0.4) is 0 Å². The quantitative estimate of drug-likeness (QED) is 0.583. The van der Waals surface area contributed by atoms with E-state index < -0.39 is 34.1 Å². The van der Waals surface area contributed by atoms with Crippen molar-refractivity contribution in [3.63, 3.8) is 0 Å². The fourth-order valence-corrected chi connectivity index (χ4v) is 4.31. The van der Waals surface area contributed by atoms with Gasteiger partial charge in [-0.25, -0.2) is 8.42 Å². The lowest BCUT2D eigenvalue weighted by Gasteiger charge is -2.33. The van der Waals surface area contributed by atoms with E-state index in [2.05, 4.69) is 5.32 Å². The first-order chi connectivity index (χ1) is 15.6. The van der Waals surface area contributed by atoms with Gasteiger partial charge in [-0.15, -0.1) is 0 Å². The Morgan fingerprint density at radius 3 is 2.15 bits per heavy atom. The Labute approximate surface area is 208 Å². The molecule has 0 unspecified atom stereocenters. The third kappa shape index (κ3) is 7.74. The summed E-state index contributed by atoms with van der Waals surface area (Å²) in [5, 5.41) is 3.29. The van der Waals surface area contributed by atoms with E-state index in [0.717, 1.165) is 27.3 Å². The molecule has 2 amide bonds. The number of benzene rings is 2. The minimum absolute atomic E-state index is 0.157. The van der Waals surface area contributed by atoms with Gasteiger partial charge in [0, 0.05) is 17.1 Å². The first-order valence-electron chi connectivity index (χ1n) is 11.0. The molecule has 9 heteroatoms. The number of rotatable bonds is 8. The summed E-state index contributed by atoms with van der Waals surface area (Å²) in [6, 6.07) is 11.6. The highest BCUT2D eigenvalue weighted by Gasteiger charge is 2.31. The molecule has 2 rings (SSSR count). The minimum atomic E-state index is -3.80. The van der Waals surface area contributed by atoms with Gasteiger partial charge in [0.05, 0.1) is 11.9 Å². The molecule has 0 saturated heterocycles. The molecule has 0 aliphatic heterocycles. The van der Waals surface area contributed by atoms with Crippen LogP contribution in [0.4, 0.5) is 5.69 Å². The van der Waals surface area contributed by atoms with Crippen LogP contribution >= 0.6 is 11.6 Å². The predicted molar refractivity (Wildman–Crippen MR) is 137 cm³/mol. The first-order valence-corrected chi connectivity index (χ1v) is 13.2. The molecule has 34 heavy (non-hydrogen) atoms. The molecule has 7 nitrogen and oxygen atoms in total. The molecule has 0 aromatic heterocycles. The molecule has 0 aliphatic rings. The van der Waals surface area contributed by atoms with Crippen LogP contribution in [-0.2, 0) is 26.2 Å². The van der Waals surface area contributed by atoms with E-state index in [4.69, 9.17) is 11.6 Å². The molecule has 0 aliphatic carbocycles. The molecule has 0 spiro atoms. The zero-order valence-corrected chi connectivity index (χ0v) is 22.4. The molecule has 0 heterocycles. The summed E-state index contributed by atoms with van der Waals surface area (Å²) in [7, 11) is -3.80. The summed E-state index contributed by atoms with van der Waals surface area (Å²) in [5.41, 5.74) is 2.49. The summed E-state index contributed by atoms with van der Waals surface area (Å²) < 4.78 is 26.2. The van der Waals surface area contributed by atoms with Gasteiger partial charge in [-0.05, 0) is 64.8 Å². The maximum atomic E-state index is 13.5. The number of hydrogen-bond acceptors (Lipinski definition) is 4. The van der Waals surface area contributed by atoms with Gasteiger partial charge < -0.3 is 10.2 Å².